The molecule has 0 N–H and O–H groups in total. The number of carbonyl (C=O) groups is 1. The van der Waals surface area contributed by atoms with E-state index in [1.807, 2.05) is 0 Å². The van der Waals surface area contributed by atoms with Gasteiger partial charge in [0.25, 0.3) is 5.88 Å². The van der Waals surface area contributed by atoms with Gasteiger partial charge in [0.1, 0.15) is 18.3 Å². The van der Waals surface area contributed by atoms with E-state index in [-0.39, 0.29) is 42.2 Å². The molecule has 0 amide bonds. The van der Waals surface area contributed by atoms with Crippen molar-refractivity contribution in [1.82, 2.24) is 8.75 Å². The molecule has 7 nitrogen and oxygen atoms in total. The van der Waals surface area contributed by atoms with Crippen LogP contribution < -0.4 is 28.7 Å². The van der Waals surface area contributed by atoms with E-state index in [0.29, 0.717) is 17.0 Å². The summed E-state index contributed by atoms with van der Waals surface area (Å²) in [5.41, 5.74) is 1.96. The van der Waals surface area contributed by atoms with Crippen molar-refractivity contribution in [2.75, 3.05) is 26.7 Å². The van der Waals surface area contributed by atoms with Crippen LogP contribution in [-0.4, -0.2) is 58.5 Å². The van der Waals surface area contributed by atoms with Gasteiger partial charge >= 0.3 is 6.16 Å². The second kappa shape index (κ2) is 14.6. The summed E-state index contributed by atoms with van der Waals surface area (Å²) in [6, 6.07) is 0. The minimum Gasteiger partial charge on any atom is -1.00 e. The summed E-state index contributed by atoms with van der Waals surface area (Å²) in [6.45, 7) is 8.70. The lowest BCUT2D eigenvalue weighted by molar-refractivity contribution is -0.950. The van der Waals surface area contributed by atoms with Gasteiger partial charge in [0.2, 0.25) is 6.23 Å². The zero-order chi connectivity index (χ0) is 23.7. The van der Waals surface area contributed by atoms with Crippen molar-refractivity contribution < 1.29 is 47.5 Å². The normalized spacial score (nSPS) is 22.0. The van der Waals surface area contributed by atoms with Gasteiger partial charge < -0.3 is 38.2 Å². The Morgan fingerprint density at radius 2 is 1.94 bits per heavy atom. The molecule has 0 bridgehead atoms. The molecule has 2 aliphatic rings. The number of hydrogen-bond donors (Lipinski definition) is 0. The lowest BCUT2D eigenvalue weighted by atomic mass is 9.98. The molecule has 194 valence electrons. The fraction of sp³-hybridized carbons (Fsp3) is 0.800. The highest BCUT2D eigenvalue weighted by Crippen LogP contribution is 2.33. The van der Waals surface area contributed by atoms with E-state index in [1.165, 1.54) is 37.4 Å². The van der Waals surface area contributed by atoms with E-state index in [9.17, 15) is 4.79 Å². The van der Waals surface area contributed by atoms with Gasteiger partial charge in [0.15, 0.2) is 0 Å². The van der Waals surface area contributed by atoms with Crippen LogP contribution >= 0.6 is 11.7 Å². The minimum atomic E-state index is -0.525. The molecule has 1 aliphatic heterocycles. The SMILES string of the molecule is CCCCCCOc1nsnc1C1=CCC[N+](C)(C(OC(=O)OC2CCCCC2)C(C)C)C1.[I-]. The standard InChI is InChI=1S/C25H42N3O4S.HI/c1-5-6-7-11-17-30-23-22(26-33-27-23)20-13-12-16-28(4,18-20)24(19(2)3)32-25(29)31-21-14-9-8-10-15-21;/h13,19,21,24H,5-12,14-18H2,1-4H3;1H/q+1;/p-1. The third-order valence-electron chi connectivity index (χ3n) is 6.78. The lowest BCUT2D eigenvalue weighted by Crippen LogP contribution is -3.00. The summed E-state index contributed by atoms with van der Waals surface area (Å²) < 4.78 is 27.2. The van der Waals surface area contributed by atoms with Crippen LogP contribution in [-0.2, 0) is 9.47 Å². The number of unbranched alkanes of at least 4 members (excludes halogenated alkanes) is 3. The number of ether oxygens (including phenoxy) is 3. The number of carbonyl (C=O) groups excluding carboxylic acids is 1. The van der Waals surface area contributed by atoms with Crippen LogP contribution in [0.2, 0.25) is 0 Å². The maximum absolute atomic E-state index is 12.7. The lowest BCUT2D eigenvalue weighted by Gasteiger charge is -2.44. The van der Waals surface area contributed by atoms with Gasteiger partial charge in [0, 0.05) is 17.9 Å². The zero-order valence-corrected chi connectivity index (χ0v) is 24.2. The molecule has 2 heterocycles. The summed E-state index contributed by atoms with van der Waals surface area (Å²) >= 11 is 1.19. The van der Waals surface area contributed by atoms with E-state index in [2.05, 4.69) is 42.6 Å². The van der Waals surface area contributed by atoms with Gasteiger partial charge in [-0.05, 0) is 32.1 Å². The number of aromatic nitrogens is 2. The third-order valence-corrected chi connectivity index (χ3v) is 7.29. The van der Waals surface area contributed by atoms with Crippen LogP contribution in [0.4, 0.5) is 4.79 Å². The predicted molar refractivity (Wildman–Crippen MR) is 131 cm³/mol. The first kappa shape index (κ1) is 29.3. The fourth-order valence-electron chi connectivity index (χ4n) is 5.05. The average molecular weight is 608 g/mol. The van der Waals surface area contributed by atoms with E-state index in [4.69, 9.17) is 14.2 Å². The van der Waals surface area contributed by atoms with Crippen LogP contribution in [0.25, 0.3) is 5.57 Å². The Balaban J connectivity index is 0.00000408. The number of quaternary nitrogens is 1. The van der Waals surface area contributed by atoms with Crippen molar-refractivity contribution in [3.63, 3.8) is 0 Å². The van der Waals surface area contributed by atoms with Crippen LogP contribution in [0, 0.1) is 5.92 Å². The summed E-state index contributed by atoms with van der Waals surface area (Å²) in [4.78, 5) is 12.7. The topological polar surface area (TPSA) is 70.5 Å². The van der Waals surface area contributed by atoms with Crippen molar-refractivity contribution in [1.29, 1.82) is 0 Å². The first-order chi connectivity index (χ1) is 15.9. The Kier molecular flexibility index (Phi) is 12.6. The Labute approximate surface area is 226 Å². The summed E-state index contributed by atoms with van der Waals surface area (Å²) in [7, 11) is 2.16. The van der Waals surface area contributed by atoms with E-state index >= 15 is 0 Å². The Hall–Kier alpha value is -0.940. The van der Waals surface area contributed by atoms with Gasteiger partial charge in [-0.15, -0.1) is 4.37 Å². The van der Waals surface area contributed by atoms with E-state index < -0.39 is 6.16 Å². The first-order valence-corrected chi connectivity index (χ1v) is 13.5. The van der Waals surface area contributed by atoms with Crippen molar-refractivity contribution >= 4 is 23.5 Å². The molecule has 1 saturated carbocycles. The zero-order valence-electron chi connectivity index (χ0n) is 21.3. The largest absolute Gasteiger partial charge is 1.00 e. The second-order valence-corrected chi connectivity index (χ2v) is 10.6. The molecule has 2 atom stereocenters. The second-order valence-electron chi connectivity index (χ2n) is 10.1. The summed E-state index contributed by atoms with van der Waals surface area (Å²) in [5.74, 6) is 0.797. The Morgan fingerprint density at radius 1 is 1.18 bits per heavy atom. The number of rotatable bonds is 11. The first-order valence-electron chi connectivity index (χ1n) is 12.8. The highest BCUT2D eigenvalue weighted by Gasteiger charge is 2.42. The minimum absolute atomic E-state index is 0. The number of nitrogens with zero attached hydrogens (tertiary/aromatic N) is 3. The quantitative estimate of drug-likeness (QED) is 0.167. The summed E-state index contributed by atoms with van der Waals surface area (Å²) in [6.07, 6.45) is 12.3. The highest BCUT2D eigenvalue weighted by atomic mass is 127. The Morgan fingerprint density at radius 3 is 2.65 bits per heavy atom. The monoisotopic (exact) mass is 607 g/mol. The van der Waals surface area contributed by atoms with E-state index in [0.717, 1.165) is 62.9 Å². The maximum Gasteiger partial charge on any atom is 0.513 e. The third kappa shape index (κ3) is 8.33. The van der Waals surface area contributed by atoms with Crippen LogP contribution in [0.3, 0.4) is 0 Å². The molecule has 3 rings (SSSR count). The van der Waals surface area contributed by atoms with Crippen LogP contribution in [0.1, 0.15) is 90.7 Å². The van der Waals surface area contributed by atoms with Gasteiger partial charge in [-0.1, -0.05) is 52.5 Å². The molecule has 0 aromatic carbocycles. The molecular weight excluding hydrogens is 565 g/mol. The van der Waals surface area contributed by atoms with Crippen molar-refractivity contribution in [2.45, 2.75) is 97.3 Å². The number of halogens is 1. The molecule has 34 heavy (non-hydrogen) atoms. The molecule has 0 spiro atoms. The molecule has 1 aromatic rings. The van der Waals surface area contributed by atoms with E-state index in [1.54, 1.807) is 0 Å². The van der Waals surface area contributed by atoms with Crippen LogP contribution in [0.15, 0.2) is 6.08 Å². The fourth-order valence-corrected chi connectivity index (χ4v) is 5.58. The number of likely N-dealkylation sites (N-methyl/N-ethyl adjacent to an activating group) is 1. The number of hydrogen-bond acceptors (Lipinski definition) is 7. The molecule has 2 unspecified atom stereocenters. The van der Waals surface area contributed by atoms with Gasteiger partial charge in [-0.2, -0.15) is 4.37 Å². The molecule has 9 heteroatoms. The maximum atomic E-state index is 12.7. The van der Waals surface area contributed by atoms with Crippen molar-refractivity contribution in [3.8, 4) is 5.88 Å². The van der Waals surface area contributed by atoms with Gasteiger partial charge in [-0.25, -0.2) is 4.79 Å². The molecule has 1 fully saturated rings. The van der Waals surface area contributed by atoms with Crippen LogP contribution in [0.5, 0.6) is 5.88 Å². The van der Waals surface area contributed by atoms with Crippen molar-refractivity contribution in [3.05, 3.63) is 11.8 Å². The highest BCUT2D eigenvalue weighted by molar-refractivity contribution is 6.99. The predicted octanol–water partition coefficient (Wildman–Crippen LogP) is 3.20. The van der Waals surface area contributed by atoms with Gasteiger partial charge in [0.05, 0.1) is 31.9 Å². The smallest absolute Gasteiger partial charge is 0.513 e. The Bertz CT molecular complexity index is 782. The molecule has 1 aliphatic carbocycles. The van der Waals surface area contributed by atoms with Crippen molar-refractivity contribution in [2.24, 2.45) is 5.92 Å². The molecule has 0 radical (unpaired) electrons. The molecule has 0 saturated heterocycles. The molecular formula is C25H42IN3O4S. The average Bonchev–Trinajstić information content (AvgIpc) is 3.26. The summed E-state index contributed by atoms with van der Waals surface area (Å²) in [5, 5.41) is 0. The molecule has 1 aromatic heterocycles. The van der Waals surface area contributed by atoms with Gasteiger partial charge in [-0.3, -0.25) is 4.48 Å².